The first-order valence-electron chi connectivity index (χ1n) is 8.12. The second kappa shape index (κ2) is 7.00. The van der Waals surface area contributed by atoms with Crippen LogP contribution in [0, 0.1) is 0 Å². The predicted octanol–water partition coefficient (Wildman–Crippen LogP) is 1.36. The molecule has 0 unspecified atom stereocenters. The van der Waals surface area contributed by atoms with Gasteiger partial charge in [0, 0.05) is 24.8 Å². The van der Waals surface area contributed by atoms with Gasteiger partial charge in [-0.15, -0.1) is 0 Å². The summed E-state index contributed by atoms with van der Waals surface area (Å²) in [5, 5.41) is 5.40. The number of rotatable bonds is 4. The molecule has 2 atom stereocenters. The van der Waals surface area contributed by atoms with Crippen molar-refractivity contribution >= 4 is 29.1 Å². The van der Waals surface area contributed by atoms with Crippen molar-refractivity contribution in [1.29, 1.82) is 0 Å². The fourth-order valence-corrected chi connectivity index (χ4v) is 3.15. The molecular weight excluding hydrogens is 310 g/mol. The van der Waals surface area contributed by atoms with Crippen LogP contribution in [0.4, 0.5) is 11.4 Å². The summed E-state index contributed by atoms with van der Waals surface area (Å²) in [7, 11) is 0. The van der Waals surface area contributed by atoms with E-state index in [1.54, 1.807) is 24.3 Å². The second-order valence-corrected chi connectivity index (χ2v) is 6.16. The Bertz CT molecular complexity index is 644. The fourth-order valence-electron chi connectivity index (χ4n) is 3.15. The van der Waals surface area contributed by atoms with Crippen LogP contribution < -0.4 is 10.6 Å². The smallest absolute Gasteiger partial charge is 0.252 e. The van der Waals surface area contributed by atoms with Gasteiger partial charge in [-0.3, -0.25) is 14.4 Å². The van der Waals surface area contributed by atoms with E-state index in [0.29, 0.717) is 18.0 Å². The standard InChI is InChI=1S/C17H21N3O4/c1-11(21)18-12-4-6-13(7-5-12)19-16(22)9-15-17(23)20-8-2-3-14(20)10-24-15/h4-7,14-15H,2-3,8-10H2,1H3,(H,18,21)(H,19,22)/t14-,15+/m0/s1. The molecule has 2 N–H and O–H groups in total. The lowest BCUT2D eigenvalue weighted by molar-refractivity contribution is -0.158. The minimum Gasteiger partial charge on any atom is -0.366 e. The number of nitrogens with one attached hydrogen (secondary N) is 2. The Balaban J connectivity index is 1.53. The van der Waals surface area contributed by atoms with Gasteiger partial charge in [-0.05, 0) is 37.1 Å². The monoisotopic (exact) mass is 331 g/mol. The first-order valence-corrected chi connectivity index (χ1v) is 8.12. The fraction of sp³-hybridized carbons (Fsp3) is 0.471. The topological polar surface area (TPSA) is 87.7 Å². The van der Waals surface area contributed by atoms with E-state index in [1.807, 2.05) is 4.90 Å². The summed E-state index contributed by atoms with van der Waals surface area (Å²) in [6, 6.07) is 6.98. The van der Waals surface area contributed by atoms with Gasteiger partial charge < -0.3 is 20.3 Å². The van der Waals surface area contributed by atoms with Gasteiger partial charge in [0.2, 0.25) is 11.8 Å². The van der Waals surface area contributed by atoms with Crippen LogP contribution in [0.15, 0.2) is 24.3 Å². The Morgan fingerprint density at radius 1 is 1.21 bits per heavy atom. The Labute approximate surface area is 140 Å². The molecule has 0 saturated carbocycles. The molecular formula is C17H21N3O4. The van der Waals surface area contributed by atoms with E-state index in [1.165, 1.54) is 6.92 Å². The third-order valence-electron chi connectivity index (χ3n) is 4.29. The Kier molecular flexibility index (Phi) is 4.80. The summed E-state index contributed by atoms with van der Waals surface area (Å²) in [6.07, 6.45) is 1.29. The summed E-state index contributed by atoms with van der Waals surface area (Å²) in [4.78, 5) is 37.3. The molecule has 7 nitrogen and oxygen atoms in total. The van der Waals surface area contributed by atoms with Gasteiger partial charge in [-0.1, -0.05) is 0 Å². The number of anilines is 2. The maximum absolute atomic E-state index is 12.3. The summed E-state index contributed by atoms with van der Waals surface area (Å²) in [5.74, 6) is -0.502. The minimum atomic E-state index is -0.696. The van der Waals surface area contributed by atoms with Crippen molar-refractivity contribution in [3.63, 3.8) is 0 Å². The molecule has 1 aromatic carbocycles. The average Bonchev–Trinajstić information content (AvgIpc) is 3.01. The number of carbonyl (C=O) groups excluding carboxylic acids is 3. The van der Waals surface area contributed by atoms with E-state index in [4.69, 9.17) is 4.74 Å². The van der Waals surface area contributed by atoms with Gasteiger partial charge in [-0.2, -0.15) is 0 Å². The number of hydrogen-bond acceptors (Lipinski definition) is 4. The molecule has 2 aliphatic heterocycles. The summed E-state index contributed by atoms with van der Waals surface area (Å²) >= 11 is 0. The zero-order valence-corrected chi connectivity index (χ0v) is 13.6. The predicted molar refractivity (Wildman–Crippen MR) is 88.5 cm³/mol. The van der Waals surface area contributed by atoms with Crippen molar-refractivity contribution in [2.45, 2.75) is 38.3 Å². The number of amides is 3. The van der Waals surface area contributed by atoms with Crippen molar-refractivity contribution in [2.75, 3.05) is 23.8 Å². The first-order chi connectivity index (χ1) is 11.5. The number of morpholine rings is 1. The molecule has 0 radical (unpaired) electrons. The van der Waals surface area contributed by atoms with Crippen molar-refractivity contribution in [3.8, 4) is 0 Å². The molecule has 1 aromatic rings. The number of carbonyl (C=O) groups is 3. The largest absolute Gasteiger partial charge is 0.366 e. The van der Waals surface area contributed by atoms with Gasteiger partial charge in [-0.25, -0.2) is 0 Å². The van der Waals surface area contributed by atoms with Crippen LogP contribution in [0.1, 0.15) is 26.2 Å². The van der Waals surface area contributed by atoms with Gasteiger partial charge >= 0.3 is 0 Å². The lowest BCUT2D eigenvalue weighted by Gasteiger charge is -2.34. The number of nitrogens with zero attached hydrogens (tertiary/aromatic N) is 1. The SMILES string of the molecule is CC(=O)Nc1ccc(NC(=O)C[C@H]2OC[C@@H]3CCCN3C2=O)cc1. The number of fused-ring (bicyclic) bond motifs is 1. The molecule has 2 saturated heterocycles. The van der Waals surface area contributed by atoms with Crippen LogP contribution in [0.25, 0.3) is 0 Å². The average molecular weight is 331 g/mol. The number of benzene rings is 1. The molecule has 3 rings (SSSR count). The molecule has 0 aliphatic carbocycles. The lowest BCUT2D eigenvalue weighted by Crippen LogP contribution is -2.51. The third kappa shape index (κ3) is 3.73. The molecule has 0 bridgehead atoms. The van der Waals surface area contributed by atoms with Crippen molar-refractivity contribution < 1.29 is 19.1 Å². The summed E-state index contributed by atoms with van der Waals surface area (Å²) in [6.45, 7) is 2.70. The minimum absolute atomic E-state index is 0.00943. The molecule has 2 aliphatic rings. The Morgan fingerprint density at radius 3 is 2.54 bits per heavy atom. The first kappa shape index (κ1) is 16.4. The number of ether oxygens (including phenoxy) is 1. The van der Waals surface area contributed by atoms with Crippen LogP contribution >= 0.6 is 0 Å². The van der Waals surface area contributed by atoms with E-state index in [-0.39, 0.29) is 30.2 Å². The number of hydrogen-bond donors (Lipinski definition) is 2. The van der Waals surface area contributed by atoms with Gasteiger partial charge in [0.1, 0.15) is 6.10 Å². The highest BCUT2D eigenvalue weighted by Gasteiger charge is 2.39. The van der Waals surface area contributed by atoms with Crippen LogP contribution in [-0.4, -0.2) is 47.9 Å². The van der Waals surface area contributed by atoms with Gasteiger partial charge in [0.25, 0.3) is 5.91 Å². The van der Waals surface area contributed by atoms with E-state index >= 15 is 0 Å². The highest BCUT2D eigenvalue weighted by Crippen LogP contribution is 2.25. The molecule has 24 heavy (non-hydrogen) atoms. The van der Waals surface area contributed by atoms with E-state index in [0.717, 1.165) is 19.4 Å². The van der Waals surface area contributed by atoms with Crippen LogP contribution in [0.3, 0.4) is 0 Å². The van der Waals surface area contributed by atoms with Crippen molar-refractivity contribution in [3.05, 3.63) is 24.3 Å². The molecule has 0 aromatic heterocycles. The second-order valence-electron chi connectivity index (χ2n) is 6.16. The Morgan fingerprint density at radius 2 is 1.88 bits per heavy atom. The third-order valence-corrected chi connectivity index (χ3v) is 4.29. The normalized spacial score (nSPS) is 22.9. The maximum atomic E-state index is 12.3. The molecule has 7 heteroatoms. The van der Waals surface area contributed by atoms with Gasteiger partial charge in [0.05, 0.1) is 19.1 Å². The van der Waals surface area contributed by atoms with E-state index in [2.05, 4.69) is 10.6 Å². The zero-order chi connectivity index (χ0) is 17.1. The summed E-state index contributed by atoms with van der Waals surface area (Å²) in [5.41, 5.74) is 1.27. The van der Waals surface area contributed by atoms with Crippen LogP contribution in [-0.2, 0) is 19.1 Å². The van der Waals surface area contributed by atoms with Crippen molar-refractivity contribution in [2.24, 2.45) is 0 Å². The molecule has 128 valence electrons. The van der Waals surface area contributed by atoms with Crippen LogP contribution in [0.2, 0.25) is 0 Å². The Hall–Kier alpha value is -2.41. The quantitative estimate of drug-likeness (QED) is 0.872. The highest BCUT2D eigenvalue weighted by molar-refractivity contribution is 5.95. The molecule has 0 spiro atoms. The highest BCUT2D eigenvalue weighted by atomic mass is 16.5. The lowest BCUT2D eigenvalue weighted by atomic mass is 10.1. The van der Waals surface area contributed by atoms with E-state index < -0.39 is 6.10 Å². The zero-order valence-electron chi connectivity index (χ0n) is 13.6. The maximum Gasteiger partial charge on any atom is 0.252 e. The summed E-state index contributed by atoms with van der Waals surface area (Å²) < 4.78 is 5.58. The molecule has 3 amide bonds. The van der Waals surface area contributed by atoms with Crippen molar-refractivity contribution in [1.82, 2.24) is 4.90 Å². The van der Waals surface area contributed by atoms with Gasteiger partial charge in [0.15, 0.2) is 0 Å². The van der Waals surface area contributed by atoms with E-state index in [9.17, 15) is 14.4 Å². The molecule has 2 fully saturated rings. The van der Waals surface area contributed by atoms with Crippen LogP contribution in [0.5, 0.6) is 0 Å². The molecule has 2 heterocycles.